The van der Waals surface area contributed by atoms with E-state index in [0.29, 0.717) is 6.54 Å². The second kappa shape index (κ2) is 8.21. The summed E-state index contributed by atoms with van der Waals surface area (Å²) < 4.78 is 7.31. The molecule has 3 heterocycles. The van der Waals surface area contributed by atoms with Crippen molar-refractivity contribution in [3.63, 3.8) is 0 Å². The molecule has 1 atom stereocenters. The van der Waals surface area contributed by atoms with Crippen LogP contribution in [-0.2, 0) is 6.54 Å². The third-order valence-corrected chi connectivity index (χ3v) is 5.35. The van der Waals surface area contributed by atoms with Crippen LogP contribution >= 0.6 is 11.6 Å². The predicted molar refractivity (Wildman–Crippen MR) is 103 cm³/mol. The largest absolute Gasteiger partial charge is 0.467 e. The summed E-state index contributed by atoms with van der Waals surface area (Å²) in [5.41, 5.74) is 1.14. The number of likely N-dealkylation sites (N-methyl/N-ethyl adjacent to an activating group) is 1. The molecule has 1 fully saturated rings. The van der Waals surface area contributed by atoms with Crippen molar-refractivity contribution in [1.82, 2.24) is 30.0 Å². The van der Waals surface area contributed by atoms with Crippen LogP contribution in [-0.4, -0.2) is 62.7 Å². The maximum Gasteiger partial charge on any atom is 0.173 e. The summed E-state index contributed by atoms with van der Waals surface area (Å²) in [6.07, 6.45) is 1.67. The monoisotopic (exact) mass is 386 g/mol. The number of halogens is 1. The minimum atomic E-state index is -0.0220. The van der Waals surface area contributed by atoms with E-state index in [9.17, 15) is 0 Å². The minimum absolute atomic E-state index is 0.0220. The number of aromatic nitrogens is 4. The van der Waals surface area contributed by atoms with Crippen LogP contribution in [0.2, 0.25) is 5.02 Å². The molecule has 0 spiro atoms. The molecule has 1 aliphatic heterocycles. The van der Waals surface area contributed by atoms with Gasteiger partial charge in [-0.25, -0.2) is 4.68 Å². The van der Waals surface area contributed by atoms with Crippen LogP contribution in [0.1, 0.15) is 30.1 Å². The second-order valence-electron chi connectivity index (χ2n) is 6.70. The smallest absolute Gasteiger partial charge is 0.173 e. The number of piperazine rings is 1. The summed E-state index contributed by atoms with van der Waals surface area (Å²) in [4.78, 5) is 4.90. The molecule has 7 nitrogen and oxygen atoms in total. The van der Waals surface area contributed by atoms with Gasteiger partial charge in [0, 0.05) is 31.2 Å². The zero-order chi connectivity index (χ0) is 18.6. The Balaban J connectivity index is 1.66. The molecular weight excluding hydrogens is 364 g/mol. The van der Waals surface area contributed by atoms with Gasteiger partial charge in [0.15, 0.2) is 5.82 Å². The third kappa shape index (κ3) is 4.05. The quantitative estimate of drug-likeness (QED) is 0.649. The fraction of sp³-hybridized carbons (Fsp3) is 0.421. The van der Waals surface area contributed by atoms with Crippen LogP contribution in [0.4, 0.5) is 0 Å². The molecule has 2 aromatic heterocycles. The topological polar surface area (TPSA) is 63.2 Å². The van der Waals surface area contributed by atoms with Gasteiger partial charge in [-0.15, -0.1) is 5.10 Å². The summed E-state index contributed by atoms with van der Waals surface area (Å²) in [6.45, 7) is 7.81. The normalized spacial score (nSPS) is 17.3. The summed E-state index contributed by atoms with van der Waals surface area (Å²) >= 11 is 6.11. The van der Waals surface area contributed by atoms with Crippen molar-refractivity contribution in [1.29, 1.82) is 0 Å². The molecule has 142 valence electrons. The van der Waals surface area contributed by atoms with Crippen molar-refractivity contribution in [2.45, 2.75) is 19.5 Å². The van der Waals surface area contributed by atoms with Gasteiger partial charge in [-0.3, -0.25) is 4.90 Å². The molecule has 4 rings (SSSR count). The van der Waals surface area contributed by atoms with Gasteiger partial charge in [-0.2, -0.15) is 0 Å². The number of hydrogen-bond acceptors (Lipinski definition) is 6. The van der Waals surface area contributed by atoms with Crippen LogP contribution in [0.3, 0.4) is 0 Å². The van der Waals surface area contributed by atoms with Crippen LogP contribution in [0.25, 0.3) is 0 Å². The number of furan rings is 1. The highest BCUT2D eigenvalue weighted by atomic mass is 35.5. The van der Waals surface area contributed by atoms with Crippen molar-refractivity contribution in [2.75, 3.05) is 32.7 Å². The van der Waals surface area contributed by atoms with Gasteiger partial charge in [-0.05, 0) is 46.8 Å². The van der Waals surface area contributed by atoms with Gasteiger partial charge < -0.3 is 9.32 Å². The van der Waals surface area contributed by atoms with Gasteiger partial charge in [0.1, 0.15) is 12.3 Å². The van der Waals surface area contributed by atoms with E-state index >= 15 is 0 Å². The van der Waals surface area contributed by atoms with Crippen molar-refractivity contribution < 1.29 is 4.42 Å². The number of nitrogens with zero attached hydrogens (tertiary/aromatic N) is 6. The van der Waals surface area contributed by atoms with E-state index in [4.69, 9.17) is 16.0 Å². The molecule has 8 heteroatoms. The van der Waals surface area contributed by atoms with Gasteiger partial charge in [-0.1, -0.05) is 30.7 Å². The minimum Gasteiger partial charge on any atom is -0.467 e. The van der Waals surface area contributed by atoms with E-state index in [0.717, 1.165) is 54.9 Å². The second-order valence-corrected chi connectivity index (χ2v) is 7.13. The first-order valence-corrected chi connectivity index (χ1v) is 9.62. The highest BCUT2D eigenvalue weighted by molar-refractivity contribution is 6.30. The van der Waals surface area contributed by atoms with Crippen molar-refractivity contribution >= 4 is 11.6 Å². The van der Waals surface area contributed by atoms with Crippen LogP contribution in [0, 0.1) is 0 Å². The molecule has 0 amide bonds. The van der Waals surface area contributed by atoms with Gasteiger partial charge in [0.25, 0.3) is 0 Å². The van der Waals surface area contributed by atoms with Crippen LogP contribution in [0.15, 0.2) is 47.1 Å². The molecule has 0 bridgehead atoms. The zero-order valence-corrected chi connectivity index (χ0v) is 16.1. The Morgan fingerprint density at radius 2 is 1.89 bits per heavy atom. The Bertz CT molecular complexity index is 839. The average molecular weight is 387 g/mol. The maximum absolute atomic E-state index is 6.11. The Hall–Kier alpha value is -2.22. The molecule has 0 radical (unpaired) electrons. The summed E-state index contributed by atoms with van der Waals surface area (Å²) in [5.74, 6) is 1.65. The molecule has 3 aromatic rings. The van der Waals surface area contributed by atoms with Gasteiger partial charge in [0.05, 0.1) is 12.3 Å². The zero-order valence-electron chi connectivity index (χ0n) is 15.3. The fourth-order valence-electron chi connectivity index (χ4n) is 3.58. The van der Waals surface area contributed by atoms with E-state index < -0.39 is 0 Å². The van der Waals surface area contributed by atoms with E-state index in [1.165, 1.54) is 0 Å². The lowest BCUT2D eigenvalue weighted by molar-refractivity contribution is 0.108. The third-order valence-electron chi connectivity index (χ3n) is 5.09. The Kier molecular flexibility index (Phi) is 5.52. The van der Waals surface area contributed by atoms with E-state index in [1.54, 1.807) is 6.26 Å². The van der Waals surface area contributed by atoms with Gasteiger partial charge >= 0.3 is 0 Å². The number of benzene rings is 1. The maximum atomic E-state index is 6.11. The molecular formula is C19H23ClN6O. The summed E-state index contributed by atoms with van der Waals surface area (Å²) in [6, 6.07) is 11.8. The van der Waals surface area contributed by atoms with E-state index in [2.05, 4.69) is 44.4 Å². The number of hydrogen-bond donors (Lipinski definition) is 0. The summed E-state index contributed by atoms with van der Waals surface area (Å²) in [5, 5.41) is 13.3. The van der Waals surface area contributed by atoms with Crippen LogP contribution in [0.5, 0.6) is 0 Å². The molecule has 27 heavy (non-hydrogen) atoms. The Morgan fingerprint density at radius 1 is 1.11 bits per heavy atom. The first-order valence-electron chi connectivity index (χ1n) is 9.25. The average Bonchev–Trinajstić information content (AvgIpc) is 3.37. The molecule has 1 unspecified atom stereocenters. The predicted octanol–water partition coefficient (Wildman–Crippen LogP) is 2.69. The molecule has 1 aromatic carbocycles. The first-order chi connectivity index (χ1) is 13.2. The Morgan fingerprint density at radius 3 is 2.56 bits per heavy atom. The highest BCUT2D eigenvalue weighted by Gasteiger charge is 2.30. The first kappa shape index (κ1) is 18.2. The molecule has 0 N–H and O–H groups in total. The molecule has 1 saturated heterocycles. The van der Waals surface area contributed by atoms with Crippen molar-refractivity contribution in [2.24, 2.45) is 0 Å². The Labute approximate surface area is 163 Å². The highest BCUT2D eigenvalue weighted by Crippen LogP contribution is 2.29. The SMILES string of the molecule is CCN1CCN(C(c2ccc(Cl)cc2)c2nnnn2Cc2ccco2)CC1. The fourth-order valence-corrected chi connectivity index (χ4v) is 3.70. The van der Waals surface area contributed by atoms with Crippen molar-refractivity contribution in [3.8, 4) is 0 Å². The number of tetrazole rings is 1. The lowest BCUT2D eigenvalue weighted by Gasteiger charge is -2.38. The molecule has 0 saturated carbocycles. The molecule has 1 aliphatic rings. The lowest BCUT2D eigenvalue weighted by atomic mass is 10.0. The molecule has 0 aliphatic carbocycles. The number of rotatable bonds is 6. The van der Waals surface area contributed by atoms with Crippen molar-refractivity contribution in [3.05, 3.63) is 64.8 Å². The standard InChI is InChI=1S/C19H23ClN6O/c1-2-24-9-11-25(12-10-24)18(15-5-7-16(20)8-6-15)19-21-22-23-26(19)14-17-4-3-13-27-17/h3-8,13,18H,2,9-12,14H2,1H3. The van der Waals surface area contributed by atoms with E-state index in [1.807, 2.05) is 28.9 Å². The van der Waals surface area contributed by atoms with E-state index in [-0.39, 0.29) is 6.04 Å². The van der Waals surface area contributed by atoms with Gasteiger partial charge in [0.2, 0.25) is 0 Å². The summed E-state index contributed by atoms with van der Waals surface area (Å²) in [7, 11) is 0. The lowest BCUT2D eigenvalue weighted by Crippen LogP contribution is -2.48. The van der Waals surface area contributed by atoms with Crippen LogP contribution < -0.4 is 0 Å².